The highest BCUT2D eigenvalue weighted by Gasteiger charge is 2.17. The van der Waals surface area contributed by atoms with Crippen molar-refractivity contribution in [1.82, 2.24) is 19.9 Å². The molecule has 0 spiro atoms. The minimum Gasteiger partial charge on any atom is -0.379 e. The number of hydrogen-bond acceptors (Lipinski definition) is 5. The Balaban J connectivity index is 1.38. The Morgan fingerprint density at radius 1 is 1.03 bits per heavy atom. The number of ether oxygens (including phenoxy) is 1. The Bertz CT molecular complexity index is 1230. The highest BCUT2D eigenvalue weighted by molar-refractivity contribution is 5.91. The molecule has 3 heterocycles. The van der Waals surface area contributed by atoms with Crippen molar-refractivity contribution in [2.75, 3.05) is 38.3 Å². The average molecular weight is 450 g/mol. The monoisotopic (exact) mass is 449 g/mol. The van der Waals surface area contributed by atoms with Gasteiger partial charge in [-0.2, -0.15) is 0 Å². The van der Waals surface area contributed by atoms with E-state index in [2.05, 4.69) is 44.1 Å². The number of hydrogen-bond donors (Lipinski definition) is 1. The topological polar surface area (TPSA) is 57.3 Å². The summed E-state index contributed by atoms with van der Waals surface area (Å²) in [5.74, 6) is -0.535. The molecule has 33 heavy (non-hydrogen) atoms. The van der Waals surface area contributed by atoms with E-state index in [0.717, 1.165) is 49.5 Å². The molecule has 5 rings (SSSR count). The lowest BCUT2D eigenvalue weighted by molar-refractivity contribution is 0.0342. The fraction of sp³-hybridized carbons (Fsp3) is 0.280. The molecule has 0 unspecified atom stereocenters. The van der Waals surface area contributed by atoms with Crippen molar-refractivity contribution in [2.24, 2.45) is 0 Å². The van der Waals surface area contributed by atoms with Gasteiger partial charge in [0.25, 0.3) is 0 Å². The minimum absolute atomic E-state index is 0.0124. The summed E-state index contributed by atoms with van der Waals surface area (Å²) in [7, 11) is 1.76. The molecular formula is C25H25F2N5O. The van der Waals surface area contributed by atoms with Gasteiger partial charge < -0.3 is 14.6 Å². The summed E-state index contributed by atoms with van der Waals surface area (Å²) in [4.78, 5) is 16.2. The van der Waals surface area contributed by atoms with E-state index in [-0.39, 0.29) is 12.1 Å². The van der Waals surface area contributed by atoms with Gasteiger partial charge in [0.2, 0.25) is 0 Å². The van der Waals surface area contributed by atoms with Crippen LogP contribution in [0.2, 0.25) is 0 Å². The van der Waals surface area contributed by atoms with Crippen molar-refractivity contribution in [1.29, 1.82) is 0 Å². The van der Waals surface area contributed by atoms with Gasteiger partial charge in [0.1, 0.15) is 29.4 Å². The molecule has 0 aliphatic carbocycles. The average Bonchev–Trinajstić information content (AvgIpc) is 3.27. The van der Waals surface area contributed by atoms with Gasteiger partial charge in [0.15, 0.2) is 0 Å². The zero-order valence-electron chi connectivity index (χ0n) is 18.4. The van der Waals surface area contributed by atoms with Crippen LogP contribution in [0, 0.1) is 11.6 Å². The predicted octanol–water partition coefficient (Wildman–Crippen LogP) is 4.37. The fourth-order valence-electron chi connectivity index (χ4n) is 4.19. The first-order valence-electron chi connectivity index (χ1n) is 11.0. The second kappa shape index (κ2) is 9.25. The first-order valence-corrected chi connectivity index (χ1v) is 11.0. The summed E-state index contributed by atoms with van der Waals surface area (Å²) in [5.41, 5.74) is 3.89. The van der Waals surface area contributed by atoms with Crippen LogP contribution in [-0.4, -0.2) is 53.2 Å². The molecule has 6 nitrogen and oxygen atoms in total. The molecule has 170 valence electrons. The Kier molecular flexibility index (Phi) is 6.02. The van der Waals surface area contributed by atoms with E-state index in [0.29, 0.717) is 11.5 Å². The number of H-pyrrole nitrogens is 1. The number of benzene rings is 2. The SMILES string of the molecule is CN(Cc1c(F)cccc1F)c1ncnc2[nH]c(-c3ccc(CN4CCOCC4)cc3)cc12. The van der Waals surface area contributed by atoms with Crippen LogP contribution in [0.4, 0.5) is 14.6 Å². The van der Waals surface area contributed by atoms with Crippen LogP contribution in [0.3, 0.4) is 0 Å². The maximum absolute atomic E-state index is 14.1. The Hall–Kier alpha value is -3.36. The maximum Gasteiger partial charge on any atom is 0.143 e. The number of anilines is 1. The fourth-order valence-corrected chi connectivity index (χ4v) is 4.19. The number of nitrogens with zero attached hydrogens (tertiary/aromatic N) is 4. The highest BCUT2D eigenvalue weighted by atomic mass is 19.1. The first-order chi connectivity index (χ1) is 16.1. The molecule has 1 N–H and O–H groups in total. The number of fused-ring (bicyclic) bond motifs is 1. The van der Waals surface area contributed by atoms with Crippen LogP contribution < -0.4 is 4.90 Å². The zero-order valence-corrected chi connectivity index (χ0v) is 18.4. The third kappa shape index (κ3) is 4.58. The summed E-state index contributed by atoms with van der Waals surface area (Å²) in [6.45, 7) is 4.44. The van der Waals surface area contributed by atoms with Crippen molar-refractivity contribution in [3.63, 3.8) is 0 Å². The smallest absolute Gasteiger partial charge is 0.143 e. The van der Waals surface area contributed by atoms with E-state index >= 15 is 0 Å². The number of aromatic nitrogens is 3. The molecule has 0 amide bonds. The van der Waals surface area contributed by atoms with Gasteiger partial charge in [-0.25, -0.2) is 18.7 Å². The first kappa shape index (κ1) is 21.5. The Morgan fingerprint density at radius 2 is 1.76 bits per heavy atom. The number of rotatable bonds is 6. The van der Waals surface area contributed by atoms with E-state index in [9.17, 15) is 8.78 Å². The lowest BCUT2D eigenvalue weighted by atomic mass is 10.1. The predicted molar refractivity (Wildman–Crippen MR) is 124 cm³/mol. The van der Waals surface area contributed by atoms with Crippen molar-refractivity contribution in [3.05, 3.63) is 77.6 Å². The van der Waals surface area contributed by atoms with Crippen LogP contribution in [0.25, 0.3) is 22.3 Å². The van der Waals surface area contributed by atoms with Gasteiger partial charge in [-0.05, 0) is 29.3 Å². The molecule has 1 aliphatic rings. The molecule has 0 saturated carbocycles. The zero-order chi connectivity index (χ0) is 22.8. The summed E-state index contributed by atoms with van der Waals surface area (Å²) in [6, 6.07) is 14.3. The highest BCUT2D eigenvalue weighted by Crippen LogP contribution is 2.29. The third-order valence-corrected chi connectivity index (χ3v) is 6.00. The lowest BCUT2D eigenvalue weighted by Crippen LogP contribution is -2.35. The standard InChI is InChI=1S/C25H25F2N5O/c1-31(15-20-21(26)3-2-4-22(20)27)25-19-13-23(30-24(19)28-16-29-25)18-7-5-17(6-8-18)14-32-9-11-33-12-10-32/h2-8,13,16H,9-12,14-15H2,1H3,(H,28,29,30). The van der Waals surface area contributed by atoms with E-state index in [1.54, 1.807) is 11.9 Å². The molecule has 2 aromatic carbocycles. The van der Waals surface area contributed by atoms with Gasteiger partial charge in [-0.3, -0.25) is 4.90 Å². The van der Waals surface area contributed by atoms with Crippen LogP contribution in [0.5, 0.6) is 0 Å². The number of halogens is 2. The number of aromatic amines is 1. The van der Waals surface area contributed by atoms with Crippen LogP contribution in [-0.2, 0) is 17.8 Å². The summed E-state index contributed by atoms with van der Waals surface area (Å²) in [6.07, 6.45) is 1.46. The molecule has 1 aliphatic heterocycles. The summed E-state index contributed by atoms with van der Waals surface area (Å²) in [5, 5.41) is 0.796. The molecule has 8 heteroatoms. The van der Waals surface area contributed by atoms with E-state index in [1.165, 1.54) is 30.1 Å². The van der Waals surface area contributed by atoms with Gasteiger partial charge in [-0.15, -0.1) is 0 Å². The second-order valence-electron chi connectivity index (χ2n) is 8.28. The second-order valence-corrected chi connectivity index (χ2v) is 8.28. The molecule has 0 bridgehead atoms. The van der Waals surface area contributed by atoms with Crippen LogP contribution in [0.15, 0.2) is 54.9 Å². The molecule has 0 atom stereocenters. The van der Waals surface area contributed by atoms with Gasteiger partial charge in [-0.1, -0.05) is 30.3 Å². The molecule has 1 saturated heterocycles. The normalized spacial score (nSPS) is 14.6. The lowest BCUT2D eigenvalue weighted by Gasteiger charge is -2.26. The summed E-state index contributed by atoms with van der Waals surface area (Å²) >= 11 is 0. The van der Waals surface area contributed by atoms with Crippen molar-refractivity contribution < 1.29 is 13.5 Å². The van der Waals surface area contributed by atoms with Gasteiger partial charge in [0.05, 0.1) is 18.6 Å². The minimum atomic E-state index is -0.570. The number of nitrogens with one attached hydrogen (secondary N) is 1. The maximum atomic E-state index is 14.1. The van der Waals surface area contributed by atoms with Crippen molar-refractivity contribution >= 4 is 16.9 Å². The van der Waals surface area contributed by atoms with Crippen LogP contribution >= 0.6 is 0 Å². The number of morpholine rings is 1. The molecular weight excluding hydrogens is 424 g/mol. The summed E-state index contributed by atoms with van der Waals surface area (Å²) < 4.78 is 33.7. The largest absolute Gasteiger partial charge is 0.379 e. The third-order valence-electron chi connectivity index (χ3n) is 6.00. The Morgan fingerprint density at radius 3 is 2.48 bits per heavy atom. The van der Waals surface area contributed by atoms with Crippen molar-refractivity contribution in [2.45, 2.75) is 13.1 Å². The Labute approximate surface area is 190 Å². The van der Waals surface area contributed by atoms with Crippen LogP contribution in [0.1, 0.15) is 11.1 Å². The van der Waals surface area contributed by atoms with E-state index < -0.39 is 11.6 Å². The van der Waals surface area contributed by atoms with Gasteiger partial charge in [0, 0.05) is 44.5 Å². The molecule has 2 aromatic heterocycles. The van der Waals surface area contributed by atoms with E-state index in [4.69, 9.17) is 4.74 Å². The van der Waals surface area contributed by atoms with Gasteiger partial charge >= 0.3 is 0 Å². The molecule has 0 radical (unpaired) electrons. The quantitative estimate of drug-likeness (QED) is 0.474. The molecule has 4 aromatic rings. The van der Waals surface area contributed by atoms with Crippen molar-refractivity contribution in [3.8, 4) is 11.3 Å². The van der Waals surface area contributed by atoms with E-state index in [1.807, 2.05) is 6.07 Å². The molecule has 1 fully saturated rings.